The Kier molecular flexibility index (Phi) is 9.11. The molecule has 0 spiro atoms. The predicted octanol–water partition coefficient (Wildman–Crippen LogP) is 1.71. The second-order valence-electron chi connectivity index (χ2n) is 6.97. The van der Waals surface area contributed by atoms with Gasteiger partial charge in [-0.2, -0.15) is 0 Å². The van der Waals surface area contributed by atoms with E-state index in [0.717, 1.165) is 12.8 Å². The Hall–Kier alpha value is -1.43. The van der Waals surface area contributed by atoms with Crippen LogP contribution in [0.4, 0.5) is 0 Å². The summed E-state index contributed by atoms with van der Waals surface area (Å²) >= 11 is 0. The fourth-order valence-corrected chi connectivity index (χ4v) is 3.59. The van der Waals surface area contributed by atoms with Gasteiger partial charge in [-0.15, -0.1) is 0 Å². The van der Waals surface area contributed by atoms with Crippen molar-refractivity contribution in [2.24, 2.45) is 17.8 Å². The van der Waals surface area contributed by atoms with E-state index < -0.39 is 6.61 Å². The average Bonchev–Trinajstić information content (AvgIpc) is 2.68. The summed E-state index contributed by atoms with van der Waals surface area (Å²) in [6.45, 7) is 9.81. The zero-order valence-electron chi connectivity index (χ0n) is 16.2. The van der Waals surface area contributed by atoms with Crippen LogP contribution in [-0.4, -0.2) is 65.3 Å². The molecule has 2 heterocycles. The Morgan fingerprint density at radius 1 is 0.880 bits per heavy atom. The van der Waals surface area contributed by atoms with Gasteiger partial charge in [-0.3, -0.25) is 14.4 Å². The molecule has 144 valence electrons. The molecule has 2 saturated heterocycles. The SMILES string of the molecule is CC.CC(C)C(=O)C1CCN(C(=O)C2CCN(C(=O)CO)CC2)CC1. The van der Waals surface area contributed by atoms with Crippen LogP contribution < -0.4 is 0 Å². The highest BCUT2D eigenvalue weighted by atomic mass is 16.3. The van der Waals surface area contributed by atoms with Crippen molar-refractivity contribution in [3.63, 3.8) is 0 Å². The van der Waals surface area contributed by atoms with E-state index in [2.05, 4.69) is 0 Å². The molecule has 2 fully saturated rings. The van der Waals surface area contributed by atoms with Crippen molar-refractivity contribution in [2.45, 2.75) is 53.4 Å². The standard InChI is InChI=1S/C17H28N2O4.C2H6/c1-12(2)16(22)13-3-9-19(10-4-13)17(23)14-5-7-18(8-6-14)15(21)11-20;1-2/h12-14,20H,3-11H2,1-2H3;1-2H3. The molecule has 0 aromatic heterocycles. The third-order valence-electron chi connectivity index (χ3n) is 5.11. The first kappa shape index (κ1) is 21.6. The third-order valence-corrected chi connectivity index (χ3v) is 5.11. The summed E-state index contributed by atoms with van der Waals surface area (Å²) < 4.78 is 0. The minimum absolute atomic E-state index is 0.0323. The van der Waals surface area contributed by atoms with Crippen molar-refractivity contribution in [1.29, 1.82) is 0 Å². The molecular formula is C19H34N2O4. The Morgan fingerprint density at radius 2 is 1.32 bits per heavy atom. The fraction of sp³-hybridized carbons (Fsp3) is 0.842. The summed E-state index contributed by atoms with van der Waals surface area (Å²) in [4.78, 5) is 39.6. The number of Topliss-reactive ketones (excluding diaryl/α,β-unsaturated/α-hetero) is 1. The fourth-order valence-electron chi connectivity index (χ4n) is 3.59. The molecule has 0 aromatic rings. The lowest BCUT2D eigenvalue weighted by Crippen LogP contribution is -2.47. The van der Waals surface area contributed by atoms with Gasteiger partial charge in [0.25, 0.3) is 0 Å². The van der Waals surface area contributed by atoms with E-state index in [1.165, 1.54) is 0 Å². The van der Waals surface area contributed by atoms with Crippen LogP contribution in [0.5, 0.6) is 0 Å². The van der Waals surface area contributed by atoms with E-state index in [1.54, 1.807) is 4.90 Å². The Labute approximate surface area is 151 Å². The van der Waals surface area contributed by atoms with E-state index in [9.17, 15) is 14.4 Å². The first-order chi connectivity index (χ1) is 11.9. The van der Waals surface area contributed by atoms with Gasteiger partial charge in [0, 0.05) is 43.9 Å². The Morgan fingerprint density at radius 3 is 1.76 bits per heavy atom. The molecule has 0 unspecified atom stereocenters. The quantitative estimate of drug-likeness (QED) is 0.834. The third kappa shape index (κ3) is 5.80. The second kappa shape index (κ2) is 10.5. The number of amides is 2. The highest BCUT2D eigenvalue weighted by Crippen LogP contribution is 2.25. The highest BCUT2D eigenvalue weighted by molar-refractivity contribution is 5.84. The van der Waals surface area contributed by atoms with Crippen LogP contribution in [-0.2, 0) is 14.4 Å². The van der Waals surface area contributed by atoms with Crippen LogP contribution in [0.15, 0.2) is 0 Å². The molecule has 0 bridgehead atoms. The molecule has 0 saturated carbocycles. The number of ketones is 1. The Balaban J connectivity index is 0.00000151. The van der Waals surface area contributed by atoms with Gasteiger partial charge in [-0.25, -0.2) is 0 Å². The molecular weight excluding hydrogens is 320 g/mol. The van der Waals surface area contributed by atoms with Gasteiger partial charge in [-0.05, 0) is 25.7 Å². The maximum absolute atomic E-state index is 12.6. The lowest BCUT2D eigenvalue weighted by atomic mass is 9.86. The van der Waals surface area contributed by atoms with Crippen molar-refractivity contribution in [3.05, 3.63) is 0 Å². The molecule has 25 heavy (non-hydrogen) atoms. The number of piperidine rings is 2. The second-order valence-corrected chi connectivity index (χ2v) is 6.97. The van der Waals surface area contributed by atoms with Crippen molar-refractivity contribution in [3.8, 4) is 0 Å². The van der Waals surface area contributed by atoms with E-state index >= 15 is 0 Å². The van der Waals surface area contributed by atoms with E-state index in [4.69, 9.17) is 5.11 Å². The van der Waals surface area contributed by atoms with Gasteiger partial charge < -0.3 is 14.9 Å². The molecule has 6 heteroatoms. The summed E-state index contributed by atoms with van der Waals surface area (Å²) in [7, 11) is 0. The van der Waals surface area contributed by atoms with Gasteiger partial charge >= 0.3 is 0 Å². The van der Waals surface area contributed by atoms with E-state index in [-0.39, 0.29) is 29.6 Å². The molecule has 2 aliphatic rings. The molecule has 2 aliphatic heterocycles. The van der Waals surface area contributed by atoms with Crippen LogP contribution in [0.25, 0.3) is 0 Å². The normalized spacial score (nSPS) is 19.4. The first-order valence-corrected chi connectivity index (χ1v) is 9.65. The number of likely N-dealkylation sites (tertiary alicyclic amines) is 2. The molecule has 0 radical (unpaired) electrons. The number of nitrogens with zero attached hydrogens (tertiary/aromatic N) is 2. The summed E-state index contributed by atoms with van der Waals surface area (Å²) in [6.07, 6.45) is 2.86. The van der Waals surface area contributed by atoms with Crippen molar-refractivity contribution in [1.82, 2.24) is 9.80 Å². The zero-order chi connectivity index (χ0) is 19.0. The van der Waals surface area contributed by atoms with Gasteiger partial charge in [0.1, 0.15) is 12.4 Å². The monoisotopic (exact) mass is 354 g/mol. The van der Waals surface area contributed by atoms with Gasteiger partial charge in [-0.1, -0.05) is 27.7 Å². The number of rotatable bonds is 4. The number of carbonyl (C=O) groups excluding carboxylic acids is 3. The van der Waals surface area contributed by atoms with Crippen molar-refractivity contribution in [2.75, 3.05) is 32.8 Å². The number of hydrogen-bond acceptors (Lipinski definition) is 4. The Bertz CT molecular complexity index is 448. The smallest absolute Gasteiger partial charge is 0.248 e. The maximum Gasteiger partial charge on any atom is 0.248 e. The summed E-state index contributed by atoms with van der Waals surface area (Å²) in [6, 6.07) is 0. The zero-order valence-corrected chi connectivity index (χ0v) is 16.2. The number of hydrogen-bond donors (Lipinski definition) is 1. The molecule has 1 N–H and O–H groups in total. The maximum atomic E-state index is 12.6. The largest absolute Gasteiger partial charge is 0.387 e. The average molecular weight is 354 g/mol. The molecule has 6 nitrogen and oxygen atoms in total. The molecule has 0 aliphatic carbocycles. The van der Waals surface area contributed by atoms with Gasteiger partial charge in [0.05, 0.1) is 0 Å². The van der Waals surface area contributed by atoms with Crippen LogP contribution >= 0.6 is 0 Å². The summed E-state index contributed by atoms with van der Waals surface area (Å²) in [5.41, 5.74) is 0. The number of aliphatic hydroxyl groups excluding tert-OH is 1. The predicted molar refractivity (Wildman–Crippen MR) is 96.9 cm³/mol. The van der Waals surface area contributed by atoms with E-state index in [1.807, 2.05) is 32.6 Å². The number of aliphatic hydroxyl groups is 1. The number of carbonyl (C=O) groups is 3. The lowest BCUT2D eigenvalue weighted by molar-refractivity contribution is -0.143. The summed E-state index contributed by atoms with van der Waals surface area (Å²) in [5.74, 6) is 0.349. The summed E-state index contributed by atoms with van der Waals surface area (Å²) in [5, 5.41) is 8.88. The first-order valence-electron chi connectivity index (χ1n) is 9.65. The molecule has 0 aromatic carbocycles. The topological polar surface area (TPSA) is 77.9 Å². The minimum atomic E-state index is -0.462. The van der Waals surface area contributed by atoms with Crippen molar-refractivity contribution >= 4 is 17.6 Å². The molecule has 2 amide bonds. The van der Waals surface area contributed by atoms with Gasteiger partial charge in [0.15, 0.2) is 0 Å². The van der Waals surface area contributed by atoms with Crippen molar-refractivity contribution < 1.29 is 19.5 Å². The van der Waals surface area contributed by atoms with Crippen LogP contribution in [0.2, 0.25) is 0 Å². The van der Waals surface area contributed by atoms with Crippen LogP contribution in [0.1, 0.15) is 53.4 Å². The van der Waals surface area contributed by atoms with Crippen LogP contribution in [0.3, 0.4) is 0 Å². The molecule has 2 rings (SSSR count). The van der Waals surface area contributed by atoms with Crippen LogP contribution in [0, 0.1) is 17.8 Å². The molecule has 0 atom stereocenters. The minimum Gasteiger partial charge on any atom is -0.387 e. The highest BCUT2D eigenvalue weighted by Gasteiger charge is 2.33. The lowest BCUT2D eigenvalue weighted by Gasteiger charge is -2.37. The van der Waals surface area contributed by atoms with Gasteiger partial charge in [0.2, 0.25) is 11.8 Å². The van der Waals surface area contributed by atoms with E-state index in [0.29, 0.717) is 44.8 Å².